The zero-order chi connectivity index (χ0) is 20.0. The first-order valence-electron chi connectivity index (χ1n) is 8.83. The van der Waals surface area contributed by atoms with E-state index in [1.54, 1.807) is 25.4 Å². The number of urea groups is 1. The molecule has 0 aliphatic heterocycles. The normalized spacial score (nSPS) is 11.8. The van der Waals surface area contributed by atoms with Crippen molar-refractivity contribution in [2.75, 3.05) is 18.9 Å². The molecule has 3 N–H and O–H groups in total. The zero-order valence-electron chi connectivity index (χ0n) is 16.1. The smallest absolute Gasteiger partial charge is 0.319 e. The van der Waals surface area contributed by atoms with Gasteiger partial charge in [0, 0.05) is 31.0 Å². The third kappa shape index (κ3) is 5.54. The SMILES string of the molecule is Cc1[nH]ncc1CCCNC(=O)Nc1ccc(S(=O)(=O)N(C)C(C)C)cc1. The van der Waals surface area contributed by atoms with Gasteiger partial charge < -0.3 is 10.6 Å². The van der Waals surface area contributed by atoms with Crippen LogP contribution < -0.4 is 10.6 Å². The van der Waals surface area contributed by atoms with Gasteiger partial charge in [-0.25, -0.2) is 13.2 Å². The van der Waals surface area contributed by atoms with Crippen LogP contribution in [0.4, 0.5) is 10.5 Å². The Morgan fingerprint density at radius 3 is 2.48 bits per heavy atom. The molecule has 0 atom stereocenters. The lowest BCUT2D eigenvalue weighted by Gasteiger charge is -2.21. The van der Waals surface area contributed by atoms with Crippen molar-refractivity contribution >= 4 is 21.7 Å². The summed E-state index contributed by atoms with van der Waals surface area (Å²) in [6.07, 6.45) is 3.42. The molecule has 2 rings (SSSR count). The molecule has 0 aliphatic carbocycles. The highest BCUT2D eigenvalue weighted by atomic mass is 32.2. The predicted octanol–water partition coefficient (Wildman–Crippen LogP) is 2.50. The number of H-pyrrole nitrogens is 1. The summed E-state index contributed by atoms with van der Waals surface area (Å²) in [5.41, 5.74) is 2.71. The molecule has 0 radical (unpaired) electrons. The second kappa shape index (κ2) is 9.01. The molecule has 1 heterocycles. The van der Waals surface area contributed by atoms with Crippen molar-refractivity contribution in [1.82, 2.24) is 19.8 Å². The Morgan fingerprint density at radius 2 is 1.93 bits per heavy atom. The number of hydrogen-bond acceptors (Lipinski definition) is 4. The summed E-state index contributed by atoms with van der Waals surface area (Å²) in [6.45, 7) is 6.12. The van der Waals surface area contributed by atoms with Gasteiger partial charge in [-0.05, 0) is 63.4 Å². The molecule has 0 spiro atoms. The van der Waals surface area contributed by atoms with Crippen LogP contribution in [0.2, 0.25) is 0 Å². The lowest BCUT2D eigenvalue weighted by atomic mass is 10.1. The molecule has 0 saturated carbocycles. The van der Waals surface area contributed by atoms with Crippen LogP contribution in [0.15, 0.2) is 35.4 Å². The predicted molar refractivity (Wildman–Crippen MR) is 105 cm³/mol. The standard InChI is InChI=1S/C18H27N5O3S/c1-13(2)23(4)27(25,26)17-9-7-16(8-10-17)21-18(24)19-11-5-6-15-12-20-22-14(15)3/h7-10,12-13H,5-6,11H2,1-4H3,(H,20,22)(H2,19,21,24). The van der Waals surface area contributed by atoms with Gasteiger partial charge in [0.2, 0.25) is 10.0 Å². The van der Waals surface area contributed by atoms with E-state index >= 15 is 0 Å². The monoisotopic (exact) mass is 393 g/mol. The third-order valence-electron chi connectivity index (χ3n) is 4.36. The molecule has 1 aromatic carbocycles. The molecule has 0 unspecified atom stereocenters. The number of carbonyl (C=O) groups excluding carboxylic acids is 1. The maximum Gasteiger partial charge on any atom is 0.319 e. The van der Waals surface area contributed by atoms with Crippen LogP contribution in [0.1, 0.15) is 31.5 Å². The van der Waals surface area contributed by atoms with Crippen LogP contribution in [-0.2, 0) is 16.4 Å². The Morgan fingerprint density at radius 1 is 1.26 bits per heavy atom. The van der Waals surface area contributed by atoms with Gasteiger partial charge in [-0.3, -0.25) is 5.10 Å². The van der Waals surface area contributed by atoms with Gasteiger partial charge in [-0.1, -0.05) is 0 Å². The quantitative estimate of drug-likeness (QED) is 0.599. The number of amides is 2. The van der Waals surface area contributed by atoms with Crippen molar-refractivity contribution in [3.8, 4) is 0 Å². The van der Waals surface area contributed by atoms with Gasteiger partial charge in [0.05, 0.1) is 11.1 Å². The van der Waals surface area contributed by atoms with Gasteiger partial charge in [-0.15, -0.1) is 0 Å². The van der Waals surface area contributed by atoms with Gasteiger partial charge in [0.1, 0.15) is 0 Å². The van der Waals surface area contributed by atoms with Gasteiger partial charge in [0.25, 0.3) is 0 Å². The van der Waals surface area contributed by atoms with E-state index in [4.69, 9.17) is 0 Å². The fourth-order valence-electron chi connectivity index (χ4n) is 2.44. The first-order chi connectivity index (χ1) is 12.7. The van der Waals surface area contributed by atoms with Gasteiger partial charge >= 0.3 is 6.03 Å². The van der Waals surface area contributed by atoms with Crippen molar-refractivity contribution in [2.45, 2.75) is 44.6 Å². The summed E-state index contributed by atoms with van der Waals surface area (Å²) in [5.74, 6) is 0. The van der Waals surface area contributed by atoms with E-state index < -0.39 is 10.0 Å². The van der Waals surface area contributed by atoms with E-state index in [1.807, 2.05) is 20.8 Å². The number of aryl methyl sites for hydroxylation is 2. The summed E-state index contributed by atoms with van der Waals surface area (Å²) >= 11 is 0. The minimum Gasteiger partial charge on any atom is -0.338 e. The number of anilines is 1. The van der Waals surface area contributed by atoms with Gasteiger partial charge in [0.15, 0.2) is 0 Å². The Kier molecular flexibility index (Phi) is 6.98. The Hall–Kier alpha value is -2.39. The van der Waals surface area contributed by atoms with Gasteiger partial charge in [-0.2, -0.15) is 9.40 Å². The van der Waals surface area contributed by atoms with Crippen LogP contribution >= 0.6 is 0 Å². The maximum absolute atomic E-state index is 12.4. The molecule has 9 heteroatoms. The first-order valence-corrected chi connectivity index (χ1v) is 10.3. The highest BCUT2D eigenvalue weighted by Crippen LogP contribution is 2.19. The number of hydrogen-bond donors (Lipinski definition) is 3. The highest BCUT2D eigenvalue weighted by Gasteiger charge is 2.22. The fraction of sp³-hybridized carbons (Fsp3) is 0.444. The molecule has 8 nitrogen and oxygen atoms in total. The number of sulfonamides is 1. The average Bonchev–Trinajstić information content (AvgIpc) is 3.03. The highest BCUT2D eigenvalue weighted by molar-refractivity contribution is 7.89. The molecule has 0 bridgehead atoms. The van der Waals surface area contributed by atoms with Crippen LogP contribution in [-0.4, -0.2) is 48.6 Å². The molecule has 2 amide bonds. The molecular weight excluding hydrogens is 366 g/mol. The Labute approximate surface area is 160 Å². The van der Waals surface area contributed by atoms with Crippen molar-refractivity contribution in [3.63, 3.8) is 0 Å². The number of rotatable bonds is 8. The van der Waals surface area contributed by atoms with Crippen molar-refractivity contribution in [2.24, 2.45) is 0 Å². The largest absolute Gasteiger partial charge is 0.338 e. The Balaban J connectivity index is 1.83. The summed E-state index contributed by atoms with van der Waals surface area (Å²) in [7, 11) is -1.98. The number of benzene rings is 1. The number of aromatic amines is 1. The summed E-state index contributed by atoms with van der Waals surface area (Å²) in [4.78, 5) is 12.1. The Bertz CT molecular complexity index is 859. The van der Waals surface area contributed by atoms with Crippen molar-refractivity contribution in [1.29, 1.82) is 0 Å². The summed E-state index contributed by atoms with van der Waals surface area (Å²) in [5, 5.41) is 12.3. The minimum absolute atomic E-state index is 0.135. The van der Waals surface area contributed by atoms with E-state index in [9.17, 15) is 13.2 Å². The number of nitrogens with zero attached hydrogens (tertiary/aromatic N) is 2. The lowest BCUT2D eigenvalue weighted by Crippen LogP contribution is -2.33. The van der Waals surface area contributed by atoms with Crippen molar-refractivity contribution < 1.29 is 13.2 Å². The van der Waals surface area contributed by atoms with Crippen molar-refractivity contribution in [3.05, 3.63) is 41.7 Å². The van der Waals surface area contributed by atoms with E-state index in [-0.39, 0.29) is 17.0 Å². The fourth-order valence-corrected chi connectivity index (χ4v) is 3.81. The minimum atomic E-state index is -3.53. The third-order valence-corrected chi connectivity index (χ3v) is 6.41. The second-order valence-electron chi connectivity index (χ2n) is 6.64. The second-order valence-corrected chi connectivity index (χ2v) is 8.64. The van der Waals surface area contributed by atoms with E-state index in [1.165, 1.54) is 16.4 Å². The topological polar surface area (TPSA) is 107 Å². The summed E-state index contributed by atoms with van der Waals surface area (Å²) in [6, 6.07) is 5.68. The average molecular weight is 394 g/mol. The van der Waals surface area contributed by atoms with E-state index in [0.717, 1.165) is 24.1 Å². The number of nitrogens with one attached hydrogen (secondary N) is 3. The molecular formula is C18H27N5O3S. The molecule has 0 saturated heterocycles. The zero-order valence-corrected chi connectivity index (χ0v) is 16.9. The number of carbonyl (C=O) groups is 1. The molecule has 148 valence electrons. The van der Waals surface area contributed by atoms with Crippen LogP contribution in [0.5, 0.6) is 0 Å². The lowest BCUT2D eigenvalue weighted by molar-refractivity contribution is 0.252. The molecule has 27 heavy (non-hydrogen) atoms. The molecule has 0 fully saturated rings. The molecule has 1 aromatic heterocycles. The maximum atomic E-state index is 12.4. The van der Waals surface area contributed by atoms with E-state index in [2.05, 4.69) is 20.8 Å². The van der Waals surface area contributed by atoms with Crippen LogP contribution in [0.25, 0.3) is 0 Å². The number of aromatic nitrogens is 2. The molecule has 2 aromatic rings. The van der Waals surface area contributed by atoms with Crippen LogP contribution in [0, 0.1) is 6.92 Å². The first kappa shape index (κ1) is 20.9. The molecule has 0 aliphatic rings. The van der Waals surface area contributed by atoms with Crippen LogP contribution in [0.3, 0.4) is 0 Å². The summed E-state index contributed by atoms with van der Waals surface area (Å²) < 4.78 is 26.2. The van der Waals surface area contributed by atoms with E-state index in [0.29, 0.717) is 12.2 Å².